The van der Waals surface area contributed by atoms with E-state index in [4.69, 9.17) is 14.5 Å². The Morgan fingerprint density at radius 3 is 2.47 bits per heavy atom. The van der Waals surface area contributed by atoms with Crippen LogP contribution in [0.3, 0.4) is 0 Å². The highest BCUT2D eigenvalue weighted by atomic mass is 32.1. The minimum absolute atomic E-state index is 0.0404. The maximum Gasteiger partial charge on any atom is 0.470 e. The zero-order valence-corrected chi connectivity index (χ0v) is 45.2. The molecule has 4 aromatic heterocycles. The van der Waals surface area contributed by atoms with Gasteiger partial charge in [0.25, 0.3) is 11.5 Å². The van der Waals surface area contributed by atoms with Gasteiger partial charge in [-0.2, -0.15) is 0 Å². The van der Waals surface area contributed by atoms with Crippen LogP contribution in [0.15, 0.2) is 72.4 Å². The molecule has 5 aliphatic rings. The molecule has 0 spiro atoms. The smallest absolute Gasteiger partial charge is 0.389 e. The number of aryl methyl sites for hydroxylation is 2. The first-order chi connectivity index (χ1) is 35.9. The number of hydrogen-bond donors (Lipinski definition) is 5. The van der Waals surface area contributed by atoms with Gasteiger partial charge in [-0.05, 0) is 152 Å². The van der Waals surface area contributed by atoms with E-state index in [-0.39, 0.29) is 35.2 Å². The molecule has 1 aromatic carbocycles. The molecule has 5 N–H and O–H groups in total. The molecule has 2 aliphatic carbocycles. The highest BCUT2D eigenvalue weighted by Crippen LogP contribution is 2.49. The van der Waals surface area contributed by atoms with Gasteiger partial charge in [0.15, 0.2) is 5.82 Å². The van der Waals surface area contributed by atoms with Gasteiger partial charge in [-0.25, -0.2) is 14.5 Å². The molecular formula is C55H69N10O8PS. The van der Waals surface area contributed by atoms with Crippen LogP contribution >= 0.6 is 19.2 Å². The van der Waals surface area contributed by atoms with Crippen molar-refractivity contribution in [2.45, 2.75) is 134 Å². The Balaban J connectivity index is 0.824. The molecule has 75 heavy (non-hydrogen) atoms. The van der Waals surface area contributed by atoms with E-state index in [2.05, 4.69) is 62.9 Å². The number of anilines is 6. The molecule has 2 amide bonds. The predicted octanol–water partition coefficient (Wildman–Crippen LogP) is 8.40. The van der Waals surface area contributed by atoms with Gasteiger partial charge < -0.3 is 39.9 Å². The Bertz CT molecular complexity index is 3110. The van der Waals surface area contributed by atoms with Crippen LogP contribution < -0.4 is 30.9 Å². The maximum atomic E-state index is 14.2. The van der Waals surface area contributed by atoms with Gasteiger partial charge in [-0.15, -0.1) is 11.3 Å². The summed E-state index contributed by atoms with van der Waals surface area (Å²) in [5.41, 5.74) is 6.78. The molecular weight excluding hydrogens is 992 g/mol. The van der Waals surface area contributed by atoms with E-state index in [1.807, 2.05) is 24.4 Å². The van der Waals surface area contributed by atoms with E-state index in [9.17, 15) is 33.8 Å². The number of nitrogens with zero attached hydrogens (tertiary/aromatic N) is 8. The molecule has 10 rings (SSSR count). The van der Waals surface area contributed by atoms with Crippen molar-refractivity contribution < 1.29 is 33.6 Å². The first-order valence-electron chi connectivity index (χ1n) is 26.4. The Morgan fingerprint density at radius 2 is 1.73 bits per heavy atom. The van der Waals surface area contributed by atoms with Gasteiger partial charge in [-0.1, -0.05) is 6.58 Å². The molecule has 18 nitrogen and oxygen atoms in total. The second-order valence-electron chi connectivity index (χ2n) is 21.4. The SMILES string of the molecule is C=CC(=O)Nc1cc(Nc2nc(-c3ccnc(N4CCc5c(sc6c5CCCC6)C4=O)c3C(C)O)cn(C)c2=O)ccc1N1CCN(C2CCN(c3ccnc(C4CCC(C)(OP(=O)(O)O)CC4)c3)[C@H](C)C2)C[C@@H]1C. The first-order valence-corrected chi connectivity index (χ1v) is 28.8. The third-order valence-electron chi connectivity index (χ3n) is 16.2. The fourth-order valence-corrected chi connectivity index (χ4v) is 14.6. The number of nitrogens with one attached hydrogen (secondary N) is 2. The van der Waals surface area contributed by atoms with Crippen LogP contribution in [-0.2, 0) is 40.2 Å². The fraction of sp³-hybridized carbons (Fsp3) is 0.491. The molecule has 0 bridgehead atoms. The van der Waals surface area contributed by atoms with Crippen LogP contribution in [0, 0.1) is 0 Å². The monoisotopic (exact) mass is 1060 g/mol. The summed E-state index contributed by atoms with van der Waals surface area (Å²) in [6.45, 7) is 15.4. The summed E-state index contributed by atoms with van der Waals surface area (Å²) in [5.74, 6) is 0.143. The quantitative estimate of drug-likeness (QED) is 0.0552. The lowest BCUT2D eigenvalue weighted by Gasteiger charge is -2.48. The Hall–Kier alpha value is -5.79. The summed E-state index contributed by atoms with van der Waals surface area (Å²) in [6, 6.07) is 12.5. The van der Waals surface area contributed by atoms with E-state index < -0.39 is 19.5 Å². The second kappa shape index (κ2) is 21.3. The molecule has 7 heterocycles. The van der Waals surface area contributed by atoms with Crippen molar-refractivity contribution in [3.8, 4) is 11.3 Å². The van der Waals surface area contributed by atoms with E-state index in [1.165, 1.54) is 26.6 Å². The number of carbonyl (C=O) groups is 2. The third kappa shape index (κ3) is 11.0. The molecule has 1 saturated carbocycles. The number of amides is 2. The molecule has 0 radical (unpaired) electrons. The van der Waals surface area contributed by atoms with Crippen LogP contribution in [0.1, 0.15) is 128 Å². The molecule has 398 valence electrons. The minimum Gasteiger partial charge on any atom is -0.389 e. The molecule has 20 heteroatoms. The van der Waals surface area contributed by atoms with Gasteiger partial charge in [0.05, 0.1) is 33.7 Å². The molecule has 4 atom stereocenters. The van der Waals surface area contributed by atoms with Crippen LogP contribution in [0.2, 0.25) is 0 Å². The molecule has 3 fully saturated rings. The van der Waals surface area contributed by atoms with E-state index >= 15 is 0 Å². The zero-order valence-electron chi connectivity index (χ0n) is 43.5. The first kappa shape index (κ1) is 52.6. The normalized spacial score (nSPS) is 23.8. The average molecular weight is 1060 g/mol. The van der Waals surface area contributed by atoms with Gasteiger partial charge >= 0.3 is 7.82 Å². The lowest BCUT2D eigenvalue weighted by Crippen LogP contribution is -2.58. The van der Waals surface area contributed by atoms with Crippen LogP contribution in [-0.4, -0.2) is 108 Å². The summed E-state index contributed by atoms with van der Waals surface area (Å²) >= 11 is 1.60. The number of aromatic nitrogens is 4. The summed E-state index contributed by atoms with van der Waals surface area (Å²) in [7, 11) is -2.93. The molecule has 2 unspecified atom stereocenters. The number of aliphatic hydroxyl groups excluding tert-OH is 1. The summed E-state index contributed by atoms with van der Waals surface area (Å²) in [5, 5.41) is 17.6. The number of phosphoric ester groups is 1. The highest BCUT2D eigenvalue weighted by molar-refractivity contribution is 7.46. The number of pyridine rings is 2. The van der Waals surface area contributed by atoms with Crippen LogP contribution in [0.4, 0.5) is 34.4 Å². The Labute approximate surface area is 442 Å². The van der Waals surface area contributed by atoms with E-state index in [0.29, 0.717) is 65.5 Å². The van der Waals surface area contributed by atoms with Gasteiger partial charge in [0.2, 0.25) is 5.91 Å². The van der Waals surface area contributed by atoms with Crippen LogP contribution in [0.5, 0.6) is 0 Å². The molecule has 3 aliphatic heterocycles. The second-order valence-corrected chi connectivity index (χ2v) is 23.7. The van der Waals surface area contributed by atoms with Crippen molar-refractivity contribution in [2.24, 2.45) is 7.05 Å². The van der Waals surface area contributed by atoms with Crippen molar-refractivity contribution in [1.29, 1.82) is 0 Å². The van der Waals surface area contributed by atoms with Crippen molar-refractivity contribution in [3.63, 3.8) is 0 Å². The largest absolute Gasteiger partial charge is 0.470 e. The number of aliphatic hydroxyl groups is 1. The van der Waals surface area contributed by atoms with Gasteiger partial charge in [0.1, 0.15) is 5.82 Å². The fourth-order valence-electron chi connectivity index (χ4n) is 12.4. The standard InChI is InChI=1S/C55H69N10O8PS/c1-7-48(67)59-44-29-37(58-51-54(69)61(6)32-45(60-51)42-17-23-57-52(49(42)35(4)66)65-25-19-41-40-10-8-9-11-47(40)75-50(41)53(65)68)12-13-46(44)64-27-26-62(31-34(64)3)38-18-24-63(33(2)28-38)39-16-22-56-43(30-39)36-14-20-55(5,21-15-36)73-74(70,71)72/h7,12-13,16-17,22-23,29-30,32-36,38,66H,1,8-11,14-15,18-21,24-28,31H2,2-6H3,(H,58,60)(H,59,67)(H2,70,71,72)/t33-,34+,35?,36?,38?,55?/m1/s1. The van der Waals surface area contributed by atoms with Gasteiger partial charge in [0, 0.05) is 115 Å². The summed E-state index contributed by atoms with van der Waals surface area (Å²) in [6.07, 6.45) is 14.9. The molecule has 5 aromatic rings. The lowest BCUT2D eigenvalue weighted by atomic mass is 9.78. The number of thiophene rings is 1. The van der Waals surface area contributed by atoms with Crippen molar-refractivity contribution in [3.05, 3.63) is 110 Å². The molecule has 2 saturated heterocycles. The number of hydrogen-bond acceptors (Lipinski definition) is 14. The highest BCUT2D eigenvalue weighted by Gasteiger charge is 2.40. The van der Waals surface area contributed by atoms with Crippen molar-refractivity contribution in [1.82, 2.24) is 24.4 Å². The Kier molecular flexibility index (Phi) is 15.0. The lowest BCUT2D eigenvalue weighted by molar-refractivity contribution is -0.111. The van der Waals surface area contributed by atoms with E-state index in [1.54, 1.807) is 55.6 Å². The minimum atomic E-state index is -4.57. The number of carbonyl (C=O) groups excluding carboxylic acids is 2. The number of piperidine rings is 1. The number of piperazine rings is 1. The number of rotatable bonds is 13. The number of phosphoric acid groups is 1. The maximum absolute atomic E-state index is 14.2. The number of fused-ring (bicyclic) bond motifs is 3. The summed E-state index contributed by atoms with van der Waals surface area (Å²) < 4.78 is 18.2. The summed E-state index contributed by atoms with van der Waals surface area (Å²) in [4.78, 5) is 85.2. The topological polar surface area (TPSA) is 219 Å². The Morgan fingerprint density at radius 1 is 0.960 bits per heavy atom. The van der Waals surface area contributed by atoms with Crippen molar-refractivity contribution in [2.75, 3.05) is 58.1 Å². The predicted molar refractivity (Wildman–Crippen MR) is 293 cm³/mol. The average Bonchev–Trinajstić information content (AvgIpc) is 3.77. The van der Waals surface area contributed by atoms with E-state index in [0.717, 1.165) is 106 Å². The third-order valence-corrected chi connectivity index (χ3v) is 18.2. The van der Waals surface area contributed by atoms with Crippen LogP contribution in [0.25, 0.3) is 11.3 Å². The number of benzene rings is 1. The van der Waals surface area contributed by atoms with Gasteiger partial charge in [-0.3, -0.25) is 33.7 Å². The zero-order chi connectivity index (χ0) is 52.9. The van der Waals surface area contributed by atoms with Crippen molar-refractivity contribution >= 4 is 65.4 Å².